The van der Waals surface area contributed by atoms with E-state index in [1.807, 2.05) is 18.2 Å². The molecule has 1 unspecified atom stereocenters. The van der Waals surface area contributed by atoms with Crippen LogP contribution in [0.4, 0.5) is 5.69 Å². The molecular formula is C11H14N2O2. The number of carbonyl (C=O) groups is 1. The lowest BCUT2D eigenvalue weighted by molar-refractivity contribution is -0.119. The van der Waals surface area contributed by atoms with Gasteiger partial charge in [-0.2, -0.15) is 0 Å². The van der Waals surface area contributed by atoms with E-state index in [-0.39, 0.29) is 11.9 Å². The molecule has 0 bridgehead atoms. The molecule has 1 N–H and O–H groups in total. The zero-order valence-corrected chi connectivity index (χ0v) is 9.07. The van der Waals surface area contributed by atoms with Crippen molar-refractivity contribution in [1.82, 2.24) is 5.32 Å². The van der Waals surface area contributed by atoms with Gasteiger partial charge in [0.25, 0.3) is 0 Å². The Morgan fingerprint density at radius 1 is 1.47 bits per heavy atom. The summed E-state index contributed by atoms with van der Waals surface area (Å²) in [4.78, 5) is 13.5. The third-order valence-electron chi connectivity index (χ3n) is 2.78. The van der Waals surface area contributed by atoms with Crippen LogP contribution >= 0.6 is 0 Å². The number of likely N-dealkylation sites (N-methyl/N-ethyl adjacent to an activating group) is 2. The normalized spacial score (nSPS) is 19.3. The summed E-state index contributed by atoms with van der Waals surface area (Å²) >= 11 is 0. The molecule has 1 amide bonds. The second kappa shape index (κ2) is 3.55. The number of amides is 1. The van der Waals surface area contributed by atoms with Crippen LogP contribution in [0.1, 0.15) is 11.6 Å². The van der Waals surface area contributed by atoms with Crippen LogP contribution in [0.15, 0.2) is 18.2 Å². The lowest BCUT2D eigenvalue weighted by atomic mass is 10.1. The maximum Gasteiger partial charge on any atom is 0.248 e. The molecule has 0 saturated heterocycles. The van der Waals surface area contributed by atoms with Crippen LogP contribution in [0.2, 0.25) is 0 Å². The van der Waals surface area contributed by atoms with Gasteiger partial charge in [-0.3, -0.25) is 4.79 Å². The van der Waals surface area contributed by atoms with E-state index in [9.17, 15) is 4.79 Å². The van der Waals surface area contributed by atoms with Crippen LogP contribution in [0.3, 0.4) is 0 Å². The van der Waals surface area contributed by atoms with E-state index in [1.54, 1.807) is 26.1 Å². The minimum atomic E-state index is -0.226. The first-order valence-corrected chi connectivity index (χ1v) is 4.81. The Labute approximate surface area is 88.8 Å². The fraction of sp³-hybridized carbons (Fsp3) is 0.364. The topological polar surface area (TPSA) is 41.6 Å². The standard InChI is InChI=1S/C11H14N2O2/c1-12-10-8-5-4-7(15-3)6-9(8)13(2)11(10)14/h4-6,10,12H,1-3H3. The van der Waals surface area contributed by atoms with Crippen LogP contribution < -0.4 is 15.0 Å². The molecule has 1 atom stereocenters. The number of nitrogens with zero attached hydrogens (tertiary/aromatic N) is 1. The van der Waals surface area contributed by atoms with Crippen LogP contribution in [0.5, 0.6) is 5.75 Å². The van der Waals surface area contributed by atoms with Gasteiger partial charge in [-0.05, 0) is 13.1 Å². The maximum absolute atomic E-state index is 11.8. The number of hydrogen-bond donors (Lipinski definition) is 1. The molecule has 0 fully saturated rings. The Bertz CT molecular complexity index is 404. The summed E-state index contributed by atoms with van der Waals surface area (Å²) in [7, 11) is 5.18. The number of methoxy groups -OCH3 is 1. The van der Waals surface area contributed by atoms with E-state index in [1.165, 1.54) is 0 Å². The van der Waals surface area contributed by atoms with Crippen LogP contribution in [0, 0.1) is 0 Å². The lowest BCUT2D eigenvalue weighted by Gasteiger charge is -2.10. The number of anilines is 1. The van der Waals surface area contributed by atoms with Crippen molar-refractivity contribution in [2.75, 3.05) is 26.1 Å². The third-order valence-corrected chi connectivity index (χ3v) is 2.78. The summed E-state index contributed by atoms with van der Waals surface area (Å²) in [5.74, 6) is 0.839. The average molecular weight is 206 g/mol. The van der Waals surface area contributed by atoms with E-state index in [0.29, 0.717) is 0 Å². The summed E-state index contributed by atoms with van der Waals surface area (Å²) in [6.07, 6.45) is 0. The molecule has 1 aromatic rings. The average Bonchev–Trinajstić information content (AvgIpc) is 2.51. The summed E-state index contributed by atoms with van der Waals surface area (Å²) in [6, 6.07) is 5.45. The molecule has 1 heterocycles. The predicted octanol–water partition coefficient (Wildman–Crippen LogP) is 0.932. The van der Waals surface area contributed by atoms with Gasteiger partial charge >= 0.3 is 0 Å². The summed E-state index contributed by atoms with van der Waals surface area (Å²) in [5.41, 5.74) is 1.92. The molecule has 0 aliphatic carbocycles. The molecule has 0 radical (unpaired) electrons. The molecule has 1 aliphatic rings. The molecule has 4 nitrogen and oxygen atoms in total. The number of fused-ring (bicyclic) bond motifs is 1. The first-order valence-electron chi connectivity index (χ1n) is 4.81. The fourth-order valence-electron chi connectivity index (χ4n) is 1.91. The monoisotopic (exact) mass is 206 g/mol. The number of nitrogens with one attached hydrogen (secondary N) is 1. The van der Waals surface area contributed by atoms with Crippen molar-refractivity contribution in [1.29, 1.82) is 0 Å². The first kappa shape index (κ1) is 9.98. The van der Waals surface area contributed by atoms with E-state index >= 15 is 0 Å². The molecule has 0 saturated carbocycles. The van der Waals surface area contributed by atoms with E-state index in [0.717, 1.165) is 17.0 Å². The van der Waals surface area contributed by atoms with E-state index in [4.69, 9.17) is 4.74 Å². The van der Waals surface area contributed by atoms with E-state index in [2.05, 4.69) is 5.32 Å². The van der Waals surface area contributed by atoms with Gasteiger partial charge in [0.15, 0.2) is 0 Å². The molecule has 2 rings (SSSR count). The van der Waals surface area contributed by atoms with Gasteiger partial charge in [-0.15, -0.1) is 0 Å². The maximum atomic E-state index is 11.8. The predicted molar refractivity (Wildman–Crippen MR) is 58.2 cm³/mol. The Morgan fingerprint density at radius 3 is 2.80 bits per heavy atom. The quantitative estimate of drug-likeness (QED) is 0.782. The van der Waals surface area contributed by atoms with Crippen molar-refractivity contribution in [3.8, 4) is 5.75 Å². The van der Waals surface area contributed by atoms with Crippen LogP contribution in [-0.2, 0) is 4.79 Å². The fourth-order valence-corrected chi connectivity index (χ4v) is 1.91. The summed E-state index contributed by atoms with van der Waals surface area (Å²) < 4.78 is 5.13. The number of ether oxygens (including phenoxy) is 1. The Hall–Kier alpha value is -1.55. The highest BCUT2D eigenvalue weighted by atomic mass is 16.5. The van der Waals surface area contributed by atoms with Gasteiger partial charge in [0.05, 0.1) is 12.8 Å². The minimum Gasteiger partial charge on any atom is -0.497 e. The highest BCUT2D eigenvalue weighted by Gasteiger charge is 2.34. The van der Waals surface area contributed by atoms with Gasteiger partial charge in [0, 0.05) is 18.7 Å². The third kappa shape index (κ3) is 1.37. The highest BCUT2D eigenvalue weighted by molar-refractivity contribution is 6.04. The number of hydrogen-bond acceptors (Lipinski definition) is 3. The molecule has 15 heavy (non-hydrogen) atoms. The Kier molecular flexibility index (Phi) is 2.36. The van der Waals surface area contributed by atoms with Crippen molar-refractivity contribution in [3.63, 3.8) is 0 Å². The molecule has 0 spiro atoms. The van der Waals surface area contributed by atoms with Gasteiger partial charge in [-0.1, -0.05) is 6.07 Å². The first-order chi connectivity index (χ1) is 7.19. The molecule has 1 aromatic carbocycles. The van der Waals surface area contributed by atoms with Crippen LogP contribution in [0.25, 0.3) is 0 Å². The van der Waals surface area contributed by atoms with Crippen molar-refractivity contribution in [3.05, 3.63) is 23.8 Å². The van der Waals surface area contributed by atoms with Crippen molar-refractivity contribution in [2.45, 2.75) is 6.04 Å². The summed E-state index contributed by atoms with van der Waals surface area (Å²) in [5, 5.41) is 3.01. The van der Waals surface area contributed by atoms with Crippen molar-refractivity contribution < 1.29 is 9.53 Å². The summed E-state index contributed by atoms with van der Waals surface area (Å²) in [6.45, 7) is 0. The van der Waals surface area contributed by atoms with Gasteiger partial charge in [0.2, 0.25) is 5.91 Å². The molecule has 80 valence electrons. The molecule has 0 aromatic heterocycles. The van der Waals surface area contributed by atoms with Gasteiger partial charge in [-0.25, -0.2) is 0 Å². The van der Waals surface area contributed by atoms with Gasteiger partial charge in [0.1, 0.15) is 11.8 Å². The lowest BCUT2D eigenvalue weighted by Crippen LogP contribution is -2.30. The second-order valence-electron chi connectivity index (χ2n) is 3.54. The van der Waals surface area contributed by atoms with Crippen molar-refractivity contribution >= 4 is 11.6 Å². The zero-order chi connectivity index (χ0) is 11.0. The largest absolute Gasteiger partial charge is 0.497 e. The number of rotatable bonds is 2. The highest BCUT2D eigenvalue weighted by Crippen LogP contribution is 2.36. The smallest absolute Gasteiger partial charge is 0.248 e. The Morgan fingerprint density at radius 2 is 2.20 bits per heavy atom. The van der Waals surface area contributed by atoms with E-state index < -0.39 is 0 Å². The van der Waals surface area contributed by atoms with Crippen LogP contribution in [-0.4, -0.2) is 27.1 Å². The minimum absolute atomic E-state index is 0.0701. The second-order valence-corrected chi connectivity index (χ2v) is 3.54. The van der Waals surface area contributed by atoms with Gasteiger partial charge < -0.3 is 15.0 Å². The number of carbonyl (C=O) groups excluding carboxylic acids is 1. The molecule has 1 aliphatic heterocycles. The SMILES string of the molecule is CNC1C(=O)N(C)c2cc(OC)ccc21. The zero-order valence-electron chi connectivity index (χ0n) is 9.07. The Balaban J connectivity index is 2.50. The molecule has 4 heteroatoms. The molecular weight excluding hydrogens is 192 g/mol. The number of benzene rings is 1. The van der Waals surface area contributed by atoms with Crippen molar-refractivity contribution in [2.24, 2.45) is 0 Å².